The largest absolute Gasteiger partial charge is 0.390 e. The highest BCUT2D eigenvalue weighted by Gasteiger charge is 2.49. The number of alkyl halides is 1. The average molecular weight is 402 g/mol. The lowest BCUT2D eigenvalue weighted by atomic mass is 10.1. The van der Waals surface area contributed by atoms with Gasteiger partial charge in [-0.1, -0.05) is 18.5 Å². The van der Waals surface area contributed by atoms with Crippen molar-refractivity contribution in [2.24, 2.45) is 5.92 Å². The van der Waals surface area contributed by atoms with Crippen molar-refractivity contribution in [2.75, 3.05) is 5.73 Å². The van der Waals surface area contributed by atoms with Crippen molar-refractivity contribution in [1.29, 1.82) is 0 Å². The van der Waals surface area contributed by atoms with Crippen molar-refractivity contribution in [3.8, 4) is 0 Å². The van der Waals surface area contributed by atoms with Gasteiger partial charge in [0.25, 0.3) is 0 Å². The van der Waals surface area contributed by atoms with E-state index in [9.17, 15) is 19.4 Å². The topological polar surface area (TPSA) is 128 Å². The monoisotopic (exact) mass is 401 g/mol. The lowest BCUT2D eigenvalue weighted by Crippen LogP contribution is -2.36. The first-order chi connectivity index (χ1) is 12.8. The average Bonchev–Trinajstić information content (AvgIpc) is 3.34. The second-order valence-corrected chi connectivity index (χ2v) is 7.51. The summed E-state index contributed by atoms with van der Waals surface area (Å²) < 4.78 is 22.6. The molecule has 0 unspecified atom stereocenters. The lowest BCUT2D eigenvalue weighted by molar-refractivity contribution is -0.0799. The van der Waals surface area contributed by atoms with Gasteiger partial charge in [-0.25, -0.2) is 13.8 Å². The van der Waals surface area contributed by atoms with Gasteiger partial charge >= 0.3 is 5.69 Å². The fourth-order valence-electron chi connectivity index (χ4n) is 3.52. The Morgan fingerprint density at radius 3 is 2.78 bits per heavy atom. The van der Waals surface area contributed by atoms with Gasteiger partial charge in [-0.15, -0.1) is 0 Å². The Hall–Kier alpha value is -1.75. The standard InChI is InChI=1S/C16H21ClFN5O4/c1-2-7(24)11-8(18)10(25)14(27-11)23-13-9(12(17)20-15(19)21-13)22(16(23)26)5-6-3-4-6/h6-8,10-11,14,24-25H,2-5H2,1H3,(H2,19,20,21)/t7-,8+,10+,11+,14+/m0/s1. The molecule has 27 heavy (non-hydrogen) atoms. The molecule has 0 bridgehead atoms. The van der Waals surface area contributed by atoms with Crippen molar-refractivity contribution in [2.45, 2.75) is 63.4 Å². The first-order valence-electron chi connectivity index (χ1n) is 8.92. The predicted octanol–water partition coefficient (Wildman–Crippen LogP) is 0.606. The van der Waals surface area contributed by atoms with Gasteiger partial charge in [0.05, 0.1) is 6.10 Å². The zero-order valence-corrected chi connectivity index (χ0v) is 15.4. The maximum atomic E-state index is 14.5. The van der Waals surface area contributed by atoms with Crippen LogP contribution >= 0.6 is 11.6 Å². The van der Waals surface area contributed by atoms with E-state index in [2.05, 4.69) is 9.97 Å². The van der Waals surface area contributed by atoms with Crippen LogP contribution in [-0.4, -0.2) is 53.8 Å². The van der Waals surface area contributed by atoms with Crippen molar-refractivity contribution >= 4 is 28.7 Å². The Morgan fingerprint density at radius 2 is 2.15 bits per heavy atom. The molecule has 0 aromatic carbocycles. The Morgan fingerprint density at radius 1 is 1.44 bits per heavy atom. The van der Waals surface area contributed by atoms with E-state index in [1.807, 2.05) is 0 Å². The highest BCUT2D eigenvalue weighted by atomic mass is 35.5. The lowest BCUT2D eigenvalue weighted by Gasteiger charge is -2.18. The number of imidazole rings is 1. The molecule has 3 heterocycles. The number of aliphatic hydroxyl groups excluding tert-OH is 2. The molecule has 1 aliphatic heterocycles. The molecule has 2 fully saturated rings. The van der Waals surface area contributed by atoms with Crippen molar-refractivity contribution in [3.05, 3.63) is 15.6 Å². The van der Waals surface area contributed by atoms with Gasteiger partial charge in [-0.3, -0.25) is 4.57 Å². The van der Waals surface area contributed by atoms with Crippen LogP contribution in [0.1, 0.15) is 32.4 Å². The summed E-state index contributed by atoms with van der Waals surface area (Å²) in [5.74, 6) is 0.188. The number of nitrogens with two attached hydrogens (primary N) is 1. The molecule has 2 aromatic heterocycles. The molecule has 9 nitrogen and oxygen atoms in total. The minimum Gasteiger partial charge on any atom is -0.390 e. The van der Waals surface area contributed by atoms with E-state index in [1.54, 1.807) is 6.92 Å². The van der Waals surface area contributed by atoms with Crippen LogP contribution in [0, 0.1) is 5.92 Å². The van der Waals surface area contributed by atoms with Gasteiger partial charge in [0.2, 0.25) is 5.95 Å². The number of halogens is 2. The highest BCUT2D eigenvalue weighted by molar-refractivity contribution is 6.33. The molecule has 148 valence electrons. The molecule has 0 radical (unpaired) electrons. The Kier molecular flexibility index (Phi) is 4.61. The van der Waals surface area contributed by atoms with E-state index < -0.39 is 36.4 Å². The highest BCUT2D eigenvalue weighted by Crippen LogP contribution is 2.36. The van der Waals surface area contributed by atoms with Crippen molar-refractivity contribution in [3.63, 3.8) is 0 Å². The molecular formula is C16H21ClFN5O4. The summed E-state index contributed by atoms with van der Waals surface area (Å²) in [5, 5.41) is 20.3. The summed E-state index contributed by atoms with van der Waals surface area (Å²) in [5.41, 5.74) is 5.48. The number of hydrogen-bond acceptors (Lipinski definition) is 7. The number of nitrogens with zero attached hydrogens (tertiary/aromatic N) is 4. The van der Waals surface area contributed by atoms with Gasteiger partial charge in [0.1, 0.15) is 17.7 Å². The molecule has 4 N–H and O–H groups in total. The Balaban J connectivity index is 1.86. The number of fused-ring (bicyclic) bond motifs is 1. The minimum atomic E-state index is -1.85. The predicted molar refractivity (Wildman–Crippen MR) is 95.0 cm³/mol. The van der Waals surface area contributed by atoms with Crippen LogP contribution < -0.4 is 11.4 Å². The summed E-state index contributed by atoms with van der Waals surface area (Å²) in [6.45, 7) is 2.08. The van der Waals surface area contributed by atoms with E-state index in [1.165, 1.54) is 4.57 Å². The molecule has 1 saturated carbocycles. The van der Waals surface area contributed by atoms with E-state index in [4.69, 9.17) is 22.1 Å². The summed E-state index contributed by atoms with van der Waals surface area (Å²) in [7, 11) is 0. The summed E-state index contributed by atoms with van der Waals surface area (Å²) in [6.07, 6.45) is -5.00. The van der Waals surface area contributed by atoms with Crippen molar-refractivity contribution in [1.82, 2.24) is 19.1 Å². The number of anilines is 1. The molecule has 1 aliphatic carbocycles. The van der Waals surface area contributed by atoms with E-state index in [-0.39, 0.29) is 28.7 Å². The fourth-order valence-corrected chi connectivity index (χ4v) is 3.80. The summed E-state index contributed by atoms with van der Waals surface area (Å²) >= 11 is 6.21. The number of nitrogen functional groups attached to an aromatic ring is 1. The fraction of sp³-hybridized carbons (Fsp3) is 0.688. The SMILES string of the molecule is CC[C@H](O)[C@H]1O[C@@H](n2c(=O)n(CC3CC3)c3c(Cl)nc(N)nc32)[C@H](O)[C@H]1F. The Bertz CT molecular complexity index is 930. The van der Waals surface area contributed by atoms with Crippen LogP contribution in [-0.2, 0) is 11.3 Å². The van der Waals surface area contributed by atoms with Crippen LogP contribution in [0.25, 0.3) is 11.2 Å². The Labute approximate surface area is 158 Å². The van der Waals surface area contributed by atoms with Gasteiger partial charge in [0.15, 0.2) is 23.2 Å². The van der Waals surface area contributed by atoms with Gasteiger partial charge in [-0.05, 0) is 25.2 Å². The van der Waals surface area contributed by atoms with Crippen LogP contribution in [0.2, 0.25) is 5.15 Å². The van der Waals surface area contributed by atoms with Gasteiger partial charge in [0, 0.05) is 6.54 Å². The second-order valence-electron chi connectivity index (χ2n) is 7.15. The third kappa shape index (κ3) is 3.00. The molecular weight excluding hydrogens is 381 g/mol. The van der Waals surface area contributed by atoms with Crippen LogP contribution in [0.3, 0.4) is 0 Å². The molecule has 4 rings (SSSR count). The third-order valence-electron chi connectivity index (χ3n) is 5.19. The maximum absolute atomic E-state index is 14.5. The van der Waals surface area contributed by atoms with Gasteiger partial charge in [-0.2, -0.15) is 9.97 Å². The second kappa shape index (κ2) is 6.69. The van der Waals surface area contributed by atoms with E-state index >= 15 is 0 Å². The maximum Gasteiger partial charge on any atom is 0.332 e. The minimum absolute atomic E-state index is 0.00317. The molecule has 0 spiro atoms. The summed E-state index contributed by atoms with van der Waals surface area (Å²) in [4.78, 5) is 21.1. The first-order valence-corrected chi connectivity index (χ1v) is 9.30. The third-order valence-corrected chi connectivity index (χ3v) is 5.46. The number of rotatable bonds is 5. The molecule has 0 amide bonds. The number of aliphatic hydroxyl groups is 2. The molecule has 2 aliphatic rings. The zero-order valence-electron chi connectivity index (χ0n) is 14.6. The first kappa shape index (κ1) is 18.6. The normalized spacial score (nSPS) is 29.5. The van der Waals surface area contributed by atoms with Crippen LogP contribution in [0.5, 0.6) is 0 Å². The number of hydrogen-bond donors (Lipinski definition) is 3. The van der Waals surface area contributed by atoms with Gasteiger partial charge < -0.3 is 20.7 Å². The molecule has 5 atom stereocenters. The van der Waals surface area contributed by atoms with Crippen LogP contribution in [0.15, 0.2) is 4.79 Å². The molecule has 2 aromatic rings. The van der Waals surface area contributed by atoms with Crippen LogP contribution in [0.4, 0.5) is 10.3 Å². The van der Waals surface area contributed by atoms with Crippen molar-refractivity contribution < 1.29 is 19.3 Å². The van der Waals surface area contributed by atoms with E-state index in [0.717, 1.165) is 17.4 Å². The zero-order chi connectivity index (χ0) is 19.5. The van der Waals surface area contributed by atoms with E-state index in [0.29, 0.717) is 12.5 Å². The molecule has 11 heteroatoms. The summed E-state index contributed by atoms with van der Waals surface area (Å²) in [6, 6.07) is 0. The molecule has 1 saturated heterocycles. The number of aromatic nitrogens is 4. The quantitative estimate of drug-likeness (QED) is 0.626. The number of ether oxygens (including phenoxy) is 1. The smallest absolute Gasteiger partial charge is 0.332 e.